The van der Waals surface area contributed by atoms with E-state index >= 15 is 0 Å². The van der Waals surface area contributed by atoms with Crippen molar-refractivity contribution in [3.63, 3.8) is 0 Å². The van der Waals surface area contributed by atoms with Crippen LogP contribution in [0.2, 0.25) is 0 Å². The molecule has 0 spiro atoms. The van der Waals surface area contributed by atoms with Gasteiger partial charge < -0.3 is 40.5 Å². The fraction of sp³-hybridized carbons (Fsp3) is 0.818. The third kappa shape index (κ3) is 15.5. The van der Waals surface area contributed by atoms with Crippen LogP contribution in [0.25, 0.3) is 0 Å². The van der Waals surface area contributed by atoms with Gasteiger partial charge in [-0.25, -0.2) is 0 Å². The molecule has 1 N–H and O–H groups in total. The summed E-state index contributed by atoms with van der Waals surface area (Å²) in [5.74, 6) is -0.849. The SMILES string of the molecule is CC(NC(=O)CCCCC([S-])CC[S-])C(=O)[O-].[Na+].[Zn+2]. The molecule has 0 aromatic rings. The van der Waals surface area contributed by atoms with Crippen molar-refractivity contribution in [2.75, 3.05) is 5.75 Å². The van der Waals surface area contributed by atoms with Crippen molar-refractivity contribution >= 4 is 37.1 Å². The smallest absolute Gasteiger partial charge is 0.793 e. The zero-order valence-corrected chi connectivity index (χ0v) is 18.2. The van der Waals surface area contributed by atoms with Crippen LogP contribution in [0.4, 0.5) is 0 Å². The molecule has 0 rings (SSSR count). The summed E-state index contributed by atoms with van der Waals surface area (Å²) in [6.07, 6.45) is 3.66. The number of hydrogen-bond donors (Lipinski definition) is 1. The van der Waals surface area contributed by atoms with E-state index in [1.54, 1.807) is 0 Å². The van der Waals surface area contributed by atoms with E-state index in [9.17, 15) is 14.7 Å². The van der Waals surface area contributed by atoms with E-state index in [1.807, 2.05) is 0 Å². The Kier molecular flexibility index (Phi) is 20.8. The third-order valence-corrected chi connectivity index (χ3v) is 3.06. The Labute approximate surface area is 161 Å². The molecule has 0 aliphatic rings. The summed E-state index contributed by atoms with van der Waals surface area (Å²) in [5, 5.41) is 12.9. The van der Waals surface area contributed by atoms with Crippen LogP contribution in [0.5, 0.6) is 0 Å². The van der Waals surface area contributed by atoms with Gasteiger partial charge in [0.15, 0.2) is 0 Å². The van der Waals surface area contributed by atoms with E-state index in [-0.39, 0.29) is 60.2 Å². The average Bonchev–Trinajstić information content (AvgIpc) is 2.24. The van der Waals surface area contributed by atoms with Gasteiger partial charge in [-0.15, -0.1) is 0 Å². The Hall–Kier alpha value is 1.26. The van der Waals surface area contributed by atoms with Crippen LogP contribution in [-0.2, 0) is 54.3 Å². The fourth-order valence-corrected chi connectivity index (χ4v) is 2.02. The normalized spacial score (nSPS) is 12.6. The van der Waals surface area contributed by atoms with E-state index in [4.69, 9.17) is 25.3 Å². The van der Waals surface area contributed by atoms with Crippen molar-refractivity contribution in [1.82, 2.24) is 5.32 Å². The van der Waals surface area contributed by atoms with Crippen molar-refractivity contribution in [3.05, 3.63) is 0 Å². The van der Waals surface area contributed by atoms with Crippen LogP contribution in [0, 0.1) is 0 Å². The van der Waals surface area contributed by atoms with Crippen molar-refractivity contribution in [3.8, 4) is 0 Å². The Morgan fingerprint density at radius 1 is 1.26 bits per heavy atom. The maximum atomic E-state index is 11.3. The zero-order valence-electron chi connectivity index (χ0n) is 11.6. The number of carboxylic acid groups (broad SMARTS) is 1. The quantitative estimate of drug-likeness (QED) is 0.263. The topological polar surface area (TPSA) is 69.2 Å². The van der Waals surface area contributed by atoms with Crippen molar-refractivity contribution in [1.29, 1.82) is 0 Å². The summed E-state index contributed by atoms with van der Waals surface area (Å²) < 4.78 is 0. The average molecular weight is 365 g/mol. The predicted octanol–water partition coefficient (Wildman–Crippen LogP) is -3.34. The van der Waals surface area contributed by atoms with Crippen LogP contribution in [0.15, 0.2) is 0 Å². The number of unbranched alkanes of at least 4 members (excludes halogenated alkanes) is 1. The molecule has 100 valence electrons. The van der Waals surface area contributed by atoms with Crippen molar-refractivity contribution in [2.24, 2.45) is 0 Å². The molecular formula is C11H18NNaO3S2Zn. The van der Waals surface area contributed by atoms with Gasteiger partial charge in [-0.3, -0.25) is 4.79 Å². The monoisotopic (exact) mass is 363 g/mol. The molecule has 0 aromatic carbocycles. The Bertz CT molecular complexity index is 260. The summed E-state index contributed by atoms with van der Waals surface area (Å²) in [6.45, 7) is 1.39. The number of amides is 1. The molecular weight excluding hydrogens is 347 g/mol. The van der Waals surface area contributed by atoms with Crippen molar-refractivity contribution in [2.45, 2.75) is 50.3 Å². The Balaban J connectivity index is -0.00000128. The molecule has 1 amide bonds. The number of carboxylic acids is 1. The van der Waals surface area contributed by atoms with Gasteiger partial charge in [0.1, 0.15) is 0 Å². The first-order valence-electron chi connectivity index (χ1n) is 5.71. The molecule has 0 saturated carbocycles. The van der Waals surface area contributed by atoms with Crippen LogP contribution in [0.1, 0.15) is 39.0 Å². The van der Waals surface area contributed by atoms with Gasteiger partial charge >= 0.3 is 49.0 Å². The van der Waals surface area contributed by atoms with Gasteiger partial charge in [0, 0.05) is 6.42 Å². The number of hydrogen-bond acceptors (Lipinski definition) is 5. The first-order valence-corrected chi connectivity index (χ1v) is 6.76. The minimum Gasteiger partial charge on any atom is -0.793 e. The molecule has 0 fully saturated rings. The molecule has 19 heavy (non-hydrogen) atoms. The molecule has 0 radical (unpaired) electrons. The van der Waals surface area contributed by atoms with E-state index < -0.39 is 12.0 Å². The molecule has 0 aromatic heterocycles. The molecule has 2 atom stereocenters. The van der Waals surface area contributed by atoms with Gasteiger partial charge in [-0.1, -0.05) is 19.3 Å². The molecule has 0 bridgehead atoms. The summed E-state index contributed by atoms with van der Waals surface area (Å²) in [6, 6.07) is -0.936. The molecule has 0 aliphatic carbocycles. The fourth-order valence-electron chi connectivity index (χ4n) is 1.31. The molecule has 0 aliphatic heterocycles. The number of aliphatic carboxylic acids is 1. The minimum atomic E-state index is -1.27. The molecule has 2 unspecified atom stereocenters. The van der Waals surface area contributed by atoms with Crippen molar-refractivity contribution < 1.29 is 63.7 Å². The summed E-state index contributed by atoms with van der Waals surface area (Å²) >= 11 is 9.99. The maximum Gasteiger partial charge on any atom is 2.00 e. The van der Waals surface area contributed by atoms with Gasteiger partial charge in [0.2, 0.25) is 5.91 Å². The Morgan fingerprint density at radius 2 is 1.84 bits per heavy atom. The first-order chi connectivity index (χ1) is 7.97. The van der Waals surface area contributed by atoms with Gasteiger partial charge in [0.25, 0.3) is 0 Å². The molecule has 8 heteroatoms. The molecule has 0 heterocycles. The number of carbonyl (C=O) groups is 2. The zero-order chi connectivity index (χ0) is 13.3. The van der Waals surface area contributed by atoms with Crippen LogP contribution in [0.3, 0.4) is 0 Å². The third-order valence-electron chi connectivity index (χ3n) is 2.35. The largest absolute Gasteiger partial charge is 2.00 e. The molecule has 0 saturated heterocycles. The first kappa shape index (κ1) is 25.2. The van der Waals surface area contributed by atoms with E-state index in [1.165, 1.54) is 6.92 Å². The van der Waals surface area contributed by atoms with E-state index in [2.05, 4.69) is 5.32 Å². The Morgan fingerprint density at radius 3 is 2.32 bits per heavy atom. The predicted molar refractivity (Wildman–Crippen MR) is 69.1 cm³/mol. The van der Waals surface area contributed by atoms with Gasteiger partial charge in [0.05, 0.1) is 12.0 Å². The van der Waals surface area contributed by atoms with Crippen LogP contribution in [-0.4, -0.2) is 28.9 Å². The van der Waals surface area contributed by atoms with Gasteiger partial charge in [-0.2, -0.15) is 11.0 Å². The summed E-state index contributed by atoms with van der Waals surface area (Å²) in [5.41, 5.74) is 0. The van der Waals surface area contributed by atoms with Crippen LogP contribution >= 0.6 is 0 Å². The summed E-state index contributed by atoms with van der Waals surface area (Å²) in [4.78, 5) is 21.7. The second-order valence-corrected chi connectivity index (χ2v) is 5.04. The number of carbonyl (C=O) groups excluding carboxylic acids is 2. The maximum absolute atomic E-state index is 11.3. The number of nitrogens with one attached hydrogen (secondary N) is 1. The van der Waals surface area contributed by atoms with Gasteiger partial charge in [-0.05, 0) is 13.3 Å². The van der Waals surface area contributed by atoms with E-state index in [0.717, 1.165) is 25.7 Å². The number of rotatable bonds is 9. The van der Waals surface area contributed by atoms with E-state index in [0.29, 0.717) is 12.2 Å². The molecule has 4 nitrogen and oxygen atoms in total. The standard InChI is InChI=1S/C11H21NO3S2.Na.Zn/c1-8(11(14)15)12-10(13)5-3-2-4-9(17)6-7-16;;/h8-9,16-17H,2-7H2,1H3,(H,12,13)(H,14,15);;/q;+1;+2/p-3. The minimum absolute atomic E-state index is 0. The second kappa shape index (κ2) is 15.6. The second-order valence-electron chi connectivity index (χ2n) is 3.97. The van der Waals surface area contributed by atoms with Crippen LogP contribution < -0.4 is 40.0 Å². The summed E-state index contributed by atoms with van der Waals surface area (Å²) in [7, 11) is 0.